The lowest BCUT2D eigenvalue weighted by Gasteiger charge is -2.36. The molecule has 1 aliphatic carbocycles. The van der Waals surface area contributed by atoms with Crippen molar-refractivity contribution in [1.82, 2.24) is 15.1 Å². The van der Waals surface area contributed by atoms with E-state index in [-0.39, 0.29) is 11.7 Å². The number of anilines is 2. The predicted octanol–water partition coefficient (Wildman–Crippen LogP) is 4.61. The van der Waals surface area contributed by atoms with Crippen molar-refractivity contribution in [2.24, 2.45) is 5.92 Å². The maximum Gasteiger partial charge on any atom is 0.222 e. The van der Waals surface area contributed by atoms with E-state index >= 15 is 0 Å². The minimum Gasteiger partial charge on any atom is -0.507 e. The van der Waals surface area contributed by atoms with Gasteiger partial charge in [-0.25, -0.2) is 0 Å². The smallest absolute Gasteiger partial charge is 0.222 e. The van der Waals surface area contributed by atoms with Gasteiger partial charge in [-0.3, -0.25) is 4.79 Å². The lowest BCUT2D eigenvalue weighted by atomic mass is 9.99. The second-order valence-corrected chi connectivity index (χ2v) is 9.49. The van der Waals surface area contributed by atoms with Crippen molar-refractivity contribution >= 4 is 17.4 Å². The third kappa shape index (κ3) is 6.15. The highest BCUT2D eigenvalue weighted by Gasteiger charge is 2.23. The van der Waals surface area contributed by atoms with E-state index in [0.29, 0.717) is 49.7 Å². The van der Waals surface area contributed by atoms with Crippen LogP contribution in [0.4, 0.5) is 11.5 Å². The van der Waals surface area contributed by atoms with E-state index in [9.17, 15) is 9.90 Å². The summed E-state index contributed by atoms with van der Waals surface area (Å²) in [6, 6.07) is 8.95. The van der Waals surface area contributed by atoms with E-state index in [0.717, 1.165) is 24.4 Å². The Balaban J connectivity index is 1.22. The third-order valence-corrected chi connectivity index (χ3v) is 7.18. The van der Waals surface area contributed by atoms with Gasteiger partial charge in [-0.1, -0.05) is 63.5 Å². The summed E-state index contributed by atoms with van der Waals surface area (Å²) >= 11 is 0. The number of aromatic nitrogens is 2. The minimum atomic E-state index is 0.163. The van der Waals surface area contributed by atoms with Crippen molar-refractivity contribution in [3.05, 3.63) is 30.3 Å². The number of hydrogen-bond donors (Lipinski definition) is 2. The molecule has 1 aromatic heterocycles. The van der Waals surface area contributed by atoms with E-state index in [2.05, 4.69) is 15.1 Å². The van der Waals surface area contributed by atoms with Gasteiger partial charge in [0.15, 0.2) is 5.82 Å². The Morgan fingerprint density at radius 1 is 1.00 bits per heavy atom. The fraction of sp³-hybridized carbons (Fsp3) is 0.577. The zero-order valence-electron chi connectivity index (χ0n) is 19.6. The summed E-state index contributed by atoms with van der Waals surface area (Å²) in [4.78, 5) is 16.8. The van der Waals surface area contributed by atoms with Gasteiger partial charge < -0.3 is 20.6 Å². The van der Waals surface area contributed by atoms with Gasteiger partial charge in [-0.2, -0.15) is 0 Å². The molecular formula is C26H37N5O2. The monoisotopic (exact) mass is 451 g/mol. The summed E-state index contributed by atoms with van der Waals surface area (Å²) in [6.45, 7) is 2.80. The van der Waals surface area contributed by atoms with Gasteiger partial charge in [-0.15, -0.1) is 10.2 Å². The molecule has 2 fully saturated rings. The van der Waals surface area contributed by atoms with Crippen LogP contribution >= 0.6 is 0 Å². The van der Waals surface area contributed by atoms with E-state index in [1.807, 2.05) is 23.1 Å². The molecule has 2 heterocycles. The molecule has 1 aliphatic heterocycles. The second kappa shape index (κ2) is 11.3. The van der Waals surface area contributed by atoms with Gasteiger partial charge in [0.2, 0.25) is 5.91 Å². The third-order valence-electron chi connectivity index (χ3n) is 7.18. The zero-order valence-corrected chi connectivity index (χ0v) is 19.6. The zero-order chi connectivity index (χ0) is 23.0. The lowest BCUT2D eigenvalue weighted by Crippen LogP contribution is -2.49. The van der Waals surface area contributed by atoms with Crippen molar-refractivity contribution in [3.63, 3.8) is 0 Å². The molecule has 4 rings (SSSR count). The van der Waals surface area contributed by atoms with Crippen LogP contribution in [-0.4, -0.2) is 52.3 Å². The number of phenols is 1. The fourth-order valence-corrected chi connectivity index (χ4v) is 5.18. The van der Waals surface area contributed by atoms with Crippen LogP contribution in [0.2, 0.25) is 0 Å². The number of phenolic OH excluding ortho intramolecular Hbond substituents is 1. The van der Waals surface area contributed by atoms with Crippen molar-refractivity contribution < 1.29 is 9.90 Å². The molecule has 0 bridgehead atoms. The Kier molecular flexibility index (Phi) is 8.02. The van der Waals surface area contributed by atoms with E-state index < -0.39 is 0 Å². The molecule has 3 N–H and O–H groups in total. The molecule has 1 amide bonds. The number of nitrogens with zero attached hydrogens (tertiary/aromatic N) is 4. The lowest BCUT2D eigenvalue weighted by molar-refractivity contribution is -0.131. The summed E-state index contributed by atoms with van der Waals surface area (Å²) < 4.78 is 0. The van der Waals surface area contributed by atoms with Crippen LogP contribution in [0, 0.1) is 5.92 Å². The number of unbranched alkanes of at least 4 members (excludes halogenated alkanes) is 3. The molecule has 0 spiro atoms. The number of carbonyl (C=O) groups excluding carboxylic acids is 1. The average molecular weight is 452 g/mol. The number of piperazine rings is 1. The number of amides is 1. The summed E-state index contributed by atoms with van der Waals surface area (Å²) in [6.07, 6.45) is 12.5. The van der Waals surface area contributed by atoms with Crippen LogP contribution < -0.4 is 10.6 Å². The summed E-state index contributed by atoms with van der Waals surface area (Å²) in [5.41, 5.74) is 8.14. The standard InChI is InChI=1S/C26H37N5O2/c27-26-23(19-22(28-29-26)21-12-7-8-13-24(21)32)30-15-17-31(18-16-30)25(33)14-4-2-1-3-9-20-10-5-6-11-20/h7-8,12-13,19-20,32H,1-6,9-11,14-18H2,(H2,27,29). The summed E-state index contributed by atoms with van der Waals surface area (Å²) in [7, 11) is 0. The highest BCUT2D eigenvalue weighted by atomic mass is 16.3. The van der Waals surface area contributed by atoms with E-state index in [4.69, 9.17) is 5.73 Å². The number of carbonyl (C=O) groups is 1. The van der Waals surface area contributed by atoms with Crippen LogP contribution in [0.25, 0.3) is 11.3 Å². The SMILES string of the molecule is Nc1nnc(-c2ccccc2O)cc1N1CCN(C(=O)CCCCCCC2CCCC2)CC1. The quantitative estimate of drug-likeness (QED) is 0.541. The number of hydrogen-bond acceptors (Lipinski definition) is 6. The number of aromatic hydroxyl groups is 1. The van der Waals surface area contributed by atoms with Gasteiger partial charge >= 0.3 is 0 Å². The van der Waals surface area contributed by atoms with Gasteiger partial charge in [0.05, 0.1) is 11.4 Å². The van der Waals surface area contributed by atoms with Gasteiger partial charge in [0.1, 0.15) is 5.75 Å². The fourth-order valence-electron chi connectivity index (χ4n) is 5.18. The van der Waals surface area contributed by atoms with E-state index in [1.54, 1.807) is 12.1 Å². The van der Waals surface area contributed by atoms with Crippen LogP contribution in [0.3, 0.4) is 0 Å². The van der Waals surface area contributed by atoms with Crippen LogP contribution in [-0.2, 0) is 4.79 Å². The second-order valence-electron chi connectivity index (χ2n) is 9.49. The summed E-state index contributed by atoms with van der Waals surface area (Å²) in [5.74, 6) is 1.77. The molecule has 1 aromatic carbocycles. The van der Waals surface area contributed by atoms with Crippen LogP contribution in [0.5, 0.6) is 5.75 Å². The van der Waals surface area contributed by atoms with Gasteiger partial charge in [0, 0.05) is 38.2 Å². The molecular weight excluding hydrogens is 414 g/mol. The maximum absolute atomic E-state index is 12.7. The number of para-hydroxylation sites is 1. The molecule has 0 unspecified atom stereocenters. The first-order valence-corrected chi connectivity index (χ1v) is 12.6. The van der Waals surface area contributed by atoms with Crippen molar-refractivity contribution in [3.8, 4) is 17.0 Å². The van der Waals surface area contributed by atoms with Crippen molar-refractivity contribution in [1.29, 1.82) is 0 Å². The molecule has 178 valence electrons. The Morgan fingerprint density at radius 2 is 1.73 bits per heavy atom. The minimum absolute atomic E-state index is 0.163. The Morgan fingerprint density at radius 3 is 2.48 bits per heavy atom. The molecule has 7 nitrogen and oxygen atoms in total. The summed E-state index contributed by atoms with van der Waals surface area (Å²) in [5, 5.41) is 18.4. The van der Waals surface area contributed by atoms with Gasteiger partial charge in [-0.05, 0) is 30.5 Å². The van der Waals surface area contributed by atoms with Gasteiger partial charge in [0.25, 0.3) is 0 Å². The number of nitrogens with two attached hydrogens (primary N) is 1. The molecule has 2 aromatic rings. The highest BCUT2D eigenvalue weighted by Crippen LogP contribution is 2.32. The van der Waals surface area contributed by atoms with Crippen LogP contribution in [0.1, 0.15) is 64.2 Å². The van der Waals surface area contributed by atoms with Crippen molar-refractivity contribution in [2.75, 3.05) is 36.8 Å². The topological polar surface area (TPSA) is 95.6 Å². The number of nitrogen functional groups attached to an aromatic ring is 1. The Bertz CT molecular complexity index is 921. The predicted molar refractivity (Wildman–Crippen MR) is 132 cm³/mol. The van der Waals surface area contributed by atoms with E-state index in [1.165, 1.54) is 44.9 Å². The van der Waals surface area contributed by atoms with Crippen molar-refractivity contribution in [2.45, 2.75) is 64.2 Å². The van der Waals surface area contributed by atoms with Crippen LogP contribution in [0.15, 0.2) is 30.3 Å². The molecule has 7 heteroatoms. The molecule has 2 aliphatic rings. The normalized spacial score (nSPS) is 17.0. The first kappa shape index (κ1) is 23.3. The molecule has 1 saturated heterocycles. The molecule has 1 saturated carbocycles. The Hall–Kier alpha value is -2.83. The number of rotatable bonds is 9. The Labute approximate surface area is 197 Å². The molecule has 0 atom stereocenters. The first-order valence-electron chi connectivity index (χ1n) is 12.6. The maximum atomic E-state index is 12.7. The molecule has 33 heavy (non-hydrogen) atoms. The largest absolute Gasteiger partial charge is 0.507 e. The first-order chi connectivity index (χ1) is 16.1. The molecule has 0 radical (unpaired) electrons. The number of benzene rings is 1. The average Bonchev–Trinajstić information content (AvgIpc) is 3.36. The highest BCUT2D eigenvalue weighted by molar-refractivity contribution is 5.77.